The number of hydrogen-bond donors (Lipinski definition) is 5. The molecule has 0 aliphatic carbocycles. The number of nitrogens with zero attached hydrogens (tertiary/aromatic N) is 1. The van der Waals surface area contributed by atoms with Gasteiger partial charge >= 0.3 is 12.4 Å². The summed E-state index contributed by atoms with van der Waals surface area (Å²) >= 11 is 0. The van der Waals surface area contributed by atoms with Crippen molar-refractivity contribution in [3.05, 3.63) is 59.3 Å². The van der Waals surface area contributed by atoms with Crippen LogP contribution in [0.25, 0.3) is 11.0 Å². The Hall–Kier alpha value is -3.94. The van der Waals surface area contributed by atoms with Crippen LogP contribution in [0.2, 0.25) is 0 Å². The van der Waals surface area contributed by atoms with Crippen molar-refractivity contribution in [1.82, 2.24) is 15.3 Å². The van der Waals surface area contributed by atoms with Crippen LogP contribution in [0.5, 0.6) is 5.75 Å². The number of hydrogen-bond acceptors (Lipinski definition) is 6. The molecule has 188 valence electrons. The number of aromatic nitrogens is 2. The first-order chi connectivity index (χ1) is 16.2. The topological polar surface area (TPSA) is 131 Å². The zero-order chi connectivity index (χ0) is 26.1. The van der Waals surface area contributed by atoms with Crippen molar-refractivity contribution in [2.24, 2.45) is 11.5 Å². The summed E-state index contributed by atoms with van der Waals surface area (Å²) in [6, 6.07) is 3.38. The van der Waals surface area contributed by atoms with Gasteiger partial charge in [0.2, 0.25) is 5.95 Å². The Morgan fingerprint density at radius 2 is 1.89 bits per heavy atom. The van der Waals surface area contributed by atoms with Crippen molar-refractivity contribution in [3.63, 3.8) is 0 Å². The number of alkyl halides is 6. The largest absolute Gasteiger partial charge is 0.496 e. The molecular weight excluding hydrogens is 482 g/mol. The normalized spacial score (nSPS) is 12.9. The maximum absolute atomic E-state index is 13.6. The molecule has 0 fully saturated rings. The van der Waals surface area contributed by atoms with Crippen LogP contribution in [-0.2, 0) is 12.7 Å². The lowest BCUT2D eigenvalue weighted by Gasteiger charge is -2.20. The summed E-state index contributed by atoms with van der Waals surface area (Å²) < 4.78 is 83.9. The number of nitrogens with one attached hydrogen (secondary N) is 3. The van der Waals surface area contributed by atoms with Crippen molar-refractivity contribution >= 4 is 28.6 Å². The molecule has 1 heterocycles. The van der Waals surface area contributed by atoms with Crippen LogP contribution in [0.4, 0.5) is 38.0 Å². The predicted octanol–water partition coefficient (Wildman–Crippen LogP) is 3.93. The summed E-state index contributed by atoms with van der Waals surface area (Å²) in [5, 5.41) is 4.91. The third-order valence-electron chi connectivity index (χ3n) is 4.96. The number of imidazole rings is 1. The number of primary amides is 1. The predicted molar refractivity (Wildman–Crippen MR) is 116 cm³/mol. The molecule has 0 saturated carbocycles. The molecule has 14 heteroatoms. The molecule has 0 aliphatic rings. The number of aromatic amines is 1. The van der Waals surface area contributed by atoms with Gasteiger partial charge in [-0.2, -0.15) is 26.3 Å². The van der Waals surface area contributed by atoms with E-state index in [2.05, 4.69) is 27.2 Å². The molecule has 1 unspecified atom stereocenters. The minimum Gasteiger partial charge on any atom is -0.496 e. The van der Waals surface area contributed by atoms with Gasteiger partial charge in [-0.3, -0.25) is 4.79 Å². The molecule has 0 saturated heterocycles. The fourth-order valence-corrected chi connectivity index (χ4v) is 3.16. The van der Waals surface area contributed by atoms with Crippen molar-refractivity contribution < 1.29 is 35.9 Å². The number of methoxy groups -OCH3 is 1. The van der Waals surface area contributed by atoms with Crippen LogP contribution < -0.4 is 26.8 Å². The molecule has 0 aliphatic heterocycles. The molecule has 3 aromatic rings. The Morgan fingerprint density at radius 3 is 2.46 bits per heavy atom. The van der Waals surface area contributed by atoms with E-state index in [1.165, 1.54) is 19.2 Å². The number of fused-ring (bicyclic) bond motifs is 1. The summed E-state index contributed by atoms with van der Waals surface area (Å²) in [6.45, 7) is 2.96. The Labute approximate surface area is 194 Å². The minimum absolute atomic E-state index is 0.0385. The molecule has 0 radical (unpaired) electrons. The maximum atomic E-state index is 13.6. The fourth-order valence-electron chi connectivity index (χ4n) is 3.16. The van der Waals surface area contributed by atoms with Crippen LogP contribution >= 0.6 is 0 Å². The number of nitrogens with two attached hydrogens (primary N) is 2. The number of H-pyrrole nitrogens is 1. The van der Waals surface area contributed by atoms with Gasteiger partial charge in [-0.05, 0) is 23.8 Å². The van der Waals surface area contributed by atoms with Gasteiger partial charge in [0, 0.05) is 18.3 Å². The lowest BCUT2D eigenvalue weighted by atomic mass is 10.1. The third kappa shape index (κ3) is 5.77. The highest BCUT2D eigenvalue weighted by molar-refractivity contribution is 5.99. The molecule has 3 rings (SSSR count). The van der Waals surface area contributed by atoms with Gasteiger partial charge in [0.15, 0.2) is 0 Å². The zero-order valence-corrected chi connectivity index (χ0v) is 18.1. The number of amides is 1. The number of carbonyl (C=O) groups excluding carboxylic acids is 1. The summed E-state index contributed by atoms with van der Waals surface area (Å²) in [7, 11) is 1.31. The van der Waals surface area contributed by atoms with Crippen LogP contribution in [0, 0.1) is 0 Å². The number of carbonyl (C=O) groups is 1. The van der Waals surface area contributed by atoms with Gasteiger partial charge in [-0.15, -0.1) is 0 Å². The first kappa shape index (κ1) is 25.7. The van der Waals surface area contributed by atoms with Crippen molar-refractivity contribution in [1.29, 1.82) is 0 Å². The van der Waals surface area contributed by atoms with E-state index in [0.29, 0.717) is 5.52 Å². The maximum Gasteiger partial charge on any atom is 0.418 e. The van der Waals surface area contributed by atoms with Gasteiger partial charge in [0.1, 0.15) is 11.8 Å². The molecule has 8 nitrogen and oxygen atoms in total. The van der Waals surface area contributed by atoms with E-state index in [1.807, 2.05) is 0 Å². The highest BCUT2D eigenvalue weighted by Gasteiger charge is 2.38. The smallest absolute Gasteiger partial charge is 0.418 e. The minimum atomic E-state index is -4.75. The fraction of sp³-hybridized carbons (Fsp3) is 0.238. The monoisotopic (exact) mass is 502 g/mol. The van der Waals surface area contributed by atoms with Gasteiger partial charge in [-0.1, -0.05) is 12.6 Å². The van der Waals surface area contributed by atoms with Crippen molar-refractivity contribution in [2.45, 2.75) is 24.9 Å². The van der Waals surface area contributed by atoms with E-state index in [0.717, 1.165) is 18.2 Å². The average molecular weight is 502 g/mol. The molecule has 35 heavy (non-hydrogen) atoms. The van der Waals surface area contributed by atoms with Gasteiger partial charge in [0.05, 0.1) is 35.0 Å². The Balaban J connectivity index is 1.92. The van der Waals surface area contributed by atoms with Gasteiger partial charge in [-0.25, -0.2) is 4.98 Å². The summed E-state index contributed by atoms with van der Waals surface area (Å²) in [5.74, 6) is -0.744. The van der Waals surface area contributed by atoms with Gasteiger partial charge < -0.3 is 31.8 Å². The second kappa shape index (κ2) is 9.37. The highest BCUT2D eigenvalue weighted by Crippen LogP contribution is 2.37. The summed E-state index contributed by atoms with van der Waals surface area (Å²) in [6.07, 6.45) is -9.47. The summed E-state index contributed by atoms with van der Waals surface area (Å²) in [4.78, 5) is 18.5. The molecular formula is C21H20F6N6O2. The number of halogens is 6. The molecule has 0 spiro atoms. The molecule has 7 N–H and O–H groups in total. The van der Waals surface area contributed by atoms with E-state index in [9.17, 15) is 31.1 Å². The quantitative estimate of drug-likeness (QED) is 0.297. The average Bonchev–Trinajstić information content (AvgIpc) is 3.15. The van der Waals surface area contributed by atoms with E-state index in [-0.39, 0.29) is 34.9 Å². The van der Waals surface area contributed by atoms with E-state index in [1.54, 1.807) is 0 Å². The Morgan fingerprint density at radius 1 is 1.20 bits per heavy atom. The first-order valence-corrected chi connectivity index (χ1v) is 9.80. The van der Waals surface area contributed by atoms with Crippen molar-refractivity contribution in [3.8, 4) is 5.75 Å². The molecule has 1 atom stereocenters. The van der Waals surface area contributed by atoms with Crippen LogP contribution in [0.3, 0.4) is 0 Å². The Kier molecular flexibility index (Phi) is 6.87. The summed E-state index contributed by atoms with van der Waals surface area (Å²) in [5.41, 5.74) is 9.21. The molecule has 1 amide bonds. The van der Waals surface area contributed by atoms with Gasteiger partial charge in [0.25, 0.3) is 5.91 Å². The lowest BCUT2D eigenvalue weighted by Crippen LogP contribution is -2.42. The van der Waals surface area contributed by atoms with Crippen LogP contribution in [-0.4, -0.2) is 35.2 Å². The van der Waals surface area contributed by atoms with E-state index >= 15 is 0 Å². The Bertz CT molecular complexity index is 1270. The van der Waals surface area contributed by atoms with E-state index < -0.39 is 41.2 Å². The van der Waals surface area contributed by atoms with Crippen LogP contribution in [0.15, 0.2) is 42.6 Å². The van der Waals surface area contributed by atoms with Crippen LogP contribution in [0.1, 0.15) is 21.5 Å². The number of ether oxygens (including phenoxy) is 1. The van der Waals surface area contributed by atoms with E-state index in [4.69, 9.17) is 16.2 Å². The number of anilines is 2. The third-order valence-corrected chi connectivity index (χ3v) is 4.96. The standard InChI is InChI=1S/C21H20F6N6O2/c1-9(17(28)21(25,26)27)30-8-10-3-4-12(20(22,23)24)13(5-10)31-19-32-14-6-11(18(29)34)16(35-2)7-15(14)33-19/h3-7,17,30H,1,8,28H2,2H3,(H2,29,34)(H2,31,32,33). The molecule has 1 aromatic heterocycles. The second-order valence-electron chi connectivity index (χ2n) is 7.42. The van der Waals surface area contributed by atoms with Crippen molar-refractivity contribution in [2.75, 3.05) is 12.4 Å². The molecule has 2 aromatic carbocycles. The molecule has 0 bridgehead atoms. The SMILES string of the molecule is C=C(NCc1ccc(C(F)(F)F)c(Nc2nc3cc(OC)c(C(N)=O)cc3[nH]2)c1)C(N)C(F)(F)F. The first-order valence-electron chi connectivity index (χ1n) is 9.80. The number of rotatable bonds is 8. The lowest BCUT2D eigenvalue weighted by molar-refractivity contribution is -0.140. The highest BCUT2D eigenvalue weighted by atomic mass is 19.4. The number of benzene rings is 2. The second-order valence-corrected chi connectivity index (χ2v) is 7.42. The zero-order valence-electron chi connectivity index (χ0n) is 18.1.